The molecule has 4 unspecified atom stereocenters. The fraction of sp³-hybridized carbons (Fsp3) is 0.900. The van der Waals surface area contributed by atoms with Crippen molar-refractivity contribution in [3.8, 4) is 0 Å². The average molecular weight is 313 g/mol. The van der Waals surface area contributed by atoms with E-state index in [2.05, 4.69) is 21.2 Å². The molecule has 0 aromatic carbocycles. The molecule has 0 radical (unpaired) electrons. The normalized spacial score (nSPS) is 52.3. The SMILES string of the molecule is C1=C2CCCN3C4CCCC(N4)[C@@]4(C[C@H]1C1CCCCN1C4)C23. The number of nitrogens with one attached hydrogen (secondary N) is 1. The van der Waals surface area contributed by atoms with Crippen LogP contribution in [0.15, 0.2) is 11.6 Å². The highest BCUT2D eigenvalue weighted by molar-refractivity contribution is 5.32. The Morgan fingerprint density at radius 1 is 1.04 bits per heavy atom. The summed E-state index contributed by atoms with van der Waals surface area (Å²) in [5.74, 6) is 0.857. The molecule has 6 rings (SSSR count). The van der Waals surface area contributed by atoms with Crippen molar-refractivity contribution in [2.24, 2.45) is 11.3 Å². The summed E-state index contributed by atoms with van der Waals surface area (Å²) in [6.07, 6.45) is 16.3. The molecular formula is C20H31N3. The smallest absolute Gasteiger partial charge is 0.0604 e. The minimum atomic E-state index is 0.528. The van der Waals surface area contributed by atoms with Gasteiger partial charge in [0.2, 0.25) is 0 Å². The van der Waals surface area contributed by atoms with E-state index >= 15 is 0 Å². The molecular weight excluding hydrogens is 282 g/mol. The Morgan fingerprint density at radius 2 is 2.04 bits per heavy atom. The second-order valence-corrected chi connectivity index (χ2v) is 9.29. The quantitative estimate of drug-likeness (QED) is 0.694. The van der Waals surface area contributed by atoms with Crippen molar-refractivity contribution >= 4 is 0 Å². The monoisotopic (exact) mass is 313 g/mol. The third kappa shape index (κ3) is 1.77. The average Bonchev–Trinajstić information content (AvgIpc) is 2.60. The molecule has 1 N–H and O–H groups in total. The zero-order chi connectivity index (χ0) is 15.0. The Morgan fingerprint density at radius 3 is 3.04 bits per heavy atom. The maximum Gasteiger partial charge on any atom is 0.0604 e. The maximum absolute atomic E-state index is 4.12. The van der Waals surface area contributed by atoms with E-state index in [0.29, 0.717) is 11.6 Å². The van der Waals surface area contributed by atoms with Gasteiger partial charge >= 0.3 is 0 Å². The van der Waals surface area contributed by atoms with Gasteiger partial charge in [0, 0.05) is 36.6 Å². The first-order chi connectivity index (χ1) is 11.4. The van der Waals surface area contributed by atoms with Gasteiger partial charge in [-0.25, -0.2) is 0 Å². The molecule has 0 aromatic rings. The van der Waals surface area contributed by atoms with Gasteiger partial charge < -0.3 is 0 Å². The third-order valence-electron chi connectivity index (χ3n) is 8.27. The Bertz CT molecular complexity index is 543. The molecule has 1 aliphatic carbocycles. The lowest BCUT2D eigenvalue weighted by Crippen LogP contribution is -2.78. The lowest BCUT2D eigenvalue weighted by Gasteiger charge is -2.68. The summed E-state index contributed by atoms with van der Waals surface area (Å²) in [6, 6.07) is 2.45. The van der Waals surface area contributed by atoms with Crippen LogP contribution in [0.4, 0.5) is 0 Å². The van der Waals surface area contributed by atoms with Crippen molar-refractivity contribution in [3.63, 3.8) is 0 Å². The van der Waals surface area contributed by atoms with Crippen molar-refractivity contribution in [3.05, 3.63) is 11.6 Å². The van der Waals surface area contributed by atoms with Gasteiger partial charge in [0.15, 0.2) is 0 Å². The van der Waals surface area contributed by atoms with Crippen molar-refractivity contribution in [1.29, 1.82) is 0 Å². The molecule has 3 nitrogen and oxygen atoms in total. The first-order valence-corrected chi connectivity index (χ1v) is 10.3. The molecule has 3 heteroatoms. The molecule has 1 spiro atoms. The van der Waals surface area contributed by atoms with Crippen molar-refractivity contribution < 1.29 is 0 Å². The van der Waals surface area contributed by atoms with Crippen LogP contribution in [0.3, 0.4) is 0 Å². The van der Waals surface area contributed by atoms with E-state index in [1.54, 1.807) is 0 Å². The van der Waals surface area contributed by atoms with Crippen LogP contribution in [0.1, 0.15) is 57.8 Å². The summed E-state index contributed by atoms with van der Waals surface area (Å²) < 4.78 is 0. The third-order valence-corrected chi connectivity index (χ3v) is 8.27. The summed E-state index contributed by atoms with van der Waals surface area (Å²) in [5.41, 5.74) is 2.39. The van der Waals surface area contributed by atoms with Crippen molar-refractivity contribution in [2.75, 3.05) is 19.6 Å². The molecule has 23 heavy (non-hydrogen) atoms. The van der Waals surface area contributed by atoms with Gasteiger partial charge in [-0.05, 0) is 63.8 Å². The summed E-state index contributed by atoms with van der Waals surface area (Å²) in [4.78, 5) is 5.83. The first-order valence-electron chi connectivity index (χ1n) is 10.3. The van der Waals surface area contributed by atoms with Crippen LogP contribution in [0.5, 0.6) is 0 Å². The van der Waals surface area contributed by atoms with Crippen LogP contribution in [-0.2, 0) is 0 Å². The second-order valence-electron chi connectivity index (χ2n) is 9.29. The Labute approximate surface area is 140 Å². The van der Waals surface area contributed by atoms with Gasteiger partial charge in [0.1, 0.15) is 0 Å². The number of hydrogen-bond donors (Lipinski definition) is 1. The highest BCUT2D eigenvalue weighted by Crippen LogP contribution is 2.57. The molecule has 6 aliphatic rings. The molecule has 0 amide bonds. The van der Waals surface area contributed by atoms with Gasteiger partial charge in [-0.15, -0.1) is 0 Å². The zero-order valence-corrected chi connectivity index (χ0v) is 14.3. The minimum absolute atomic E-state index is 0.528. The van der Waals surface area contributed by atoms with Crippen LogP contribution in [0.25, 0.3) is 0 Å². The highest BCUT2D eigenvalue weighted by atomic mass is 15.4. The molecule has 5 saturated heterocycles. The molecule has 5 aliphatic heterocycles. The minimum Gasteiger partial charge on any atom is -0.299 e. The number of nitrogens with zero attached hydrogens (tertiary/aromatic N) is 2. The standard InChI is InChI=1S/C20H31N3/c1-2-9-22-13-20-12-15(16(22)6-1)11-14-5-4-10-23(19(14)20)18-8-3-7-17(20)21-18/h11,15-19,21H,1-10,12-13H2/t15-,16?,17?,18?,19?,20-/m0/s1. The first kappa shape index (κ1) is 13.9. The number of fused-ring (bicyclic) bond motifs is 6. The van der Waals surface area contributed by atoms with Gasteiger partial charge in [0.05, 0.1) is 6.17 Å². The van der Waals surface area contributed by atoms with Gasteiger partial charge in [0.25, 0.3) is 0 Å². The largest absolute Gasteiger partial charge is 0.299 e. The Kier molecular flexibility index (Phi) is 2.91. The maximum atomic E-state index is 4.12. The molecule has 126 valence electrons. The molecule has 5 heterocycles. The predicted molar refractivity (Wildman–Crippen MR) is 92.1 cm³/mol. The van der Waals surface area contributed by atoms with Gasteiger partial charge in [-0.1, -0.05) is 18.1 Å². The van der Waals surface area contributed by atoms with E-state index in [1.807, 2.05) is 5.57 Å². The van der Waals surface area contributed by atoms with Crippen LogP contribution >= 0.6 is 0 Å². The van der Waals surface area contributed by atoms with E-state index < -0.39 is 0 Å². The summed E-state index contributed by atoms with van der Waals surface area (Å²) >= 11 is 0. The van der Waals surface area contributed by atoms with Crippen LogP contribution in [0.2, 0.25) is 0 Å². The fourth-order valence-electron chi connectivity index (χ4n) is 7.59. The van der Waals surface area contributed by atoms with E-state index in [9.17, 15) is 0 Å². The topological polar surface area (TPSA) is 18.5 Å². The van der Waals surface area contributed by atoms with Crippen LogP contribution < -0.4 is 5.32 Å². The Balaban J connectivity index is 1.49. The number of piperidine rings is 4. The lowest BCUT2D eigenvalue weighted by atomic mass is 9.54. The van der Waals surface area contributed by atoms with E-state index in [0.717, 1.165) is 24.0 Å². The number of hydrogen-bond acceptors (Lipinski definition) is 3. The second kappa shape index (κ2) is 4.83. The van der Waals surface area contributed by atoms with Crippen molar-refractivity contribution in [1.82, 2.24) is 15.1 Å². The van der Waals surface area contributed by atoms with E-state index in [-0.39, 0.29) is 0 Å². The number of rotatable bonds is 0. The molecule has 0 saturated carbocycles. The van der Waals surface area contributed by atoms with Crippen LogP contribution in [-0.4, -0.2) is 53.7 Å². The highest BCUT2D eigenvalue weighted by Gasteiger charge is 2.61. The Hall–Kier alpha value is -0.380. The molecule has 0 aromatic heterocycles. The van der Waals surface area contributed by atoms with Gasteiger partial charge in [-0.2, -0.15) is 0 Å². The molecule has 6 atom stereocenters. The van der Waals surface area contributed by atoms with Crippen LogP contribution in [0, 0.1) is 11.3 Å². The summed E-state index contributed by atoms with van der Waals surface area (Å²) in [5, 5.41) is 4.12. The van der Waals surface area contributed by atoms with E-state index in [1.165, 1.54) is 77.4 Å². The predicted octanol–water partition coefficient (Wildman–Crippen LogP) is 2.73. The molecule has 5 fully saturated rings. The molecule has 4 bridgehead atoms. The van der Waals surface area contributed by atoms with Gasteiger partial charge in [-0.3, -0.25) is 15.1 Å². The van der Waals surface area contributed by atoms with E-state index in [4.69, 9.17) is 0 Å². The lowest BCUT2D eigenvalue weighted by molar-refractivity contribution is -0.140. The summed E-state index contributed by atoms with van der Waals surface area (Å²) in [7, 11) is 0. The summed E-state index contributed by atoms with van der Waals surface area (Å²) in [6.45, 7) is 4.09. The fourth-order valence-corrected chi connectivity index (χ4v) is 7.59. The zero-order valence-electron chi connectivity index (χ0n) is 14.3. The van der Waals surface area contributed by atoms with Crippen molar-refractivity contribution in [2.45, 2.75) is 82.1 Å².